The first-order valence-corrected chi connectivity index (χ1v) is 7.95. The maximum absolute atomic E-state index is 12.2. The standard InChI is InChI=1S/C16H14Cl2N2O2S/c1-2-22-14-5-3-4-10(6-14)15(21)20-16(23)19-13-8-11(17)7-12(18)9-13/h3-9H,2H2,1H3,(H2,19,20,21,23). The fourth-order valence-electron chi connectivity index (χ4n) is 1.86. The van der Waals surface area contributed by atoms with Gasteiger partial charge in [0.2, 0.25) is 0 Å². The van der Waals surface area contributed by atoms with Crippen LogP contribution in [0.5, 0.6) is 5.75 Å². The molecule has 23 heavy (non-hydrogen) atoms. The van der Waals surface area contributed by atoms with E-state index in [1.807, 2.05) is 6.92 Å². The molecule has 0 bridgehead atoms. The minimum atomic E-state index is -0.336. The molecule has 2 aromatic carbocycles. The molecule has 4 nitrogen and oxygen atoms in total. The average molecular weight is 369 g/mol. The highest BCUT2D eigenvalue weighted by molar-refractivity contribution is 7.80. The van der Waals surface area contributed by atoms with Crippen molar-refractivity contribution in [2.45, 2.75) is 6.92 Å². The van der Waals surface area contributed by atoms with Gasteiger partial charge in [0.1, 0.15) is 5.75 Å². The molecule has 2 aromatic rings. The molecule has 0 aliphatic carbocycles. The molecule has 0 heterocycles. The van der Waals surface area contributed by atoms with Crippen LogP contribution < -0.4 is 15.4 Å². The highest BCUT2D eigenvalue weighted by atomic mass is 35.5. The van der Waals surface area contributed by atoms with Crippen LogP contribution >= 0.6 is 35.4 Å². The second kappa shape index (κ2) is 8.15. The Hall–Kier alpha value is -1.82. The lowest BCUT2D eigenvalue weighted by Crippen LogP contribution is -2.34. The number of thiocarbonyl (C=S) groups is 1. The van der Waals surface area contributed by atoms with Crippen molar-refractivity contribution in [1.82, 2.24) is 5.32 Å². The number of amides is 1. The Balaban J connectivity index is 2.02. The van der Waals surface area contributed by atoms with E-state index < -0.39 is 0 Å². The second-order valence-electron chi connectivity index (χ2n) is 4.53. The van der Waals surface area contributed by atoms with Crippen LogP contribution in [0.25, 0.3) is 0 Å². The Labute approximate surface area is 149 Å². The molecule has 2 rings (SSSR count). The van der Waals surface area contributed by atoms with Crippen molar-refractivity contribution in [3.8, 4) is 5.75 Å². The van der Waals surface area contributed by atoms with Gasteiger partial charge in [-0.15, -0.1) is 0 Å². The summed E-state index contributed by atoms with van der Waals surface area (Å²) in [5, 5.41) is 6.55. The normalized spacial score (nSPS) is 10.0. The van der Waals surface area contributed by atoms with E-state index in [4.69, 9.17) is 40.2 Å². The fraction of sp³-hybridized carbons (Fsp3) is 0.125. The molecule has 0 aromatic heterocycles. The molecular formula is C16H14Cl2N2O2S. The molecule has 0 aliphatic heterocycles. The third-order valence-corrected chi connectivity index (χ3v) is 3.40. The van der Waals surface area contributed by atoms with Crippen molar-refractivity contribution in [3.63, 3.8) is 0 Å². The maximum atomic E-state index is 12.2. The summed E-state index contributed by atoms with van der Waals surface area (Å²) >= 11 is 16.9. The van der Waals surface area contributed by atoms with E-state index in [-0.39, 0.29) is 11.0 Å². The monoisotopic (exact) mass is 368 g/mol. The van der Waals surface area contributed by atoms with Gasteiger partial charge in [-0.05, 0) is 55.5 Å². The van der Waals surface area contributed by atoms with E-state index in [0.29, 0.717) is 33.7 Å². The van der Waals surface area contributed by atoms with E-state index >= 15 is 0 Å². The Morgan fingerprint density at radius 1 is 1.17 bits per heavy atom. The van der Waals surface area contributed by atoms with Gasteiger partial charge in [0.25, 0.3) is 5.91 Å². The van der Waals surface area contributed by atoms with Crippen molar-refractivity contribution in [2.75, 3.05) is 11.9 Å². The van der Waals surface area contributed by atoms with E-state index in [1.165, 1.54) is 0 Å². The number of ether oxygens (including phenoxy) is 1. The number of nitrogens with one attached hydrogen (secondary N) is 2. The van der Waals surface area contributed by atoms with Crippen LogP contribution in [0.3, 0.4) is 0 Å². The number of hydrogen-bond donors (Lipinski definition) is 2. The highest BCUT2D eigenvalue weighted by Gasteiger charge is 2.09. The quantitative estimate of drug-likeness (QED) is 0.779. The summed E-state index contributed by atoms with van der Waals surface area (Å²) < 4.78 is 5.37. The summed E-state index contributed by atoms with van der Waals surface area (Å²) in [7, 11) is 0. The third kappa shape index (κ3) is 5.39. The van der Waals surface area contributed by atoms with Crippen molar-refractivity contribution in [3.05, 3.63) is 58.1 Å². The molecule has 0 unspecified atom stereocenters. The van der Waals surface area contributed by atoms with Crippen LogP contribution in [0.4, 0.5) is 5.69 Å². The number of rotatable bonds is 4. The van der Waals surface area contributed by atoms with Gasteiger partial charge in [0, 0.05) is 21.3 Å². The zero-order valence-electron chi connectivity index (χ0n) is 12.2. The molecule has 0 saturated carbocycles. The van der Waals surface area contributed by atoms with E-state index in [2.05, 4.69) is 10.6 Å². The van der Waals surface area contributed by atoms with Gasteiger partial charge in [-0.1, -0.05) is 29.3 Å². The van der Waals surface area contributed by atoms with Gasteiger partial charge < -0.3 is 10.1 Å². The van der Waals surface area contributed by atoms with Gasteiger partial charge in [-0.3, -0.25) is 10.1 Å². The first-order valence-electron chi connectivity index (χ1n) is 6.79. The van der Waals surface area contributed by atoms with E-state index in [0.717, 1.165) is 0 Å². The van der Waals surface area contributed by atoms with Gasteiger partial charge >= 0.3 is 0 Å². The summed E-state index contributed by atoms with van der Waals surface area (Å²) in [6.45, 7) is 2.41. The first-order chi connectivity index (χ1) is 11.0. The Morgan fingerprint density at radius 3 is 2.52 bits per heavy atom. The van der Waals surface area contributed by atoms with Crippen molar-refractivity contribution < 1.29 is 9.53 Å². The largest absolute Gasteiger partial charge is 0.494 e. The molecule has 0 aliphatic rings. The van der Waals surface area contributed by atoms with Gasteiger partial charge in [0.15, 0.2) is 5.11 Å². The molecule has 0 fully saturated rings. The SMILES string of the molecule is CCOc1cccc(C(=O)NC(=S)Nc2cc(Cl)cc(Cl)c2)c1. The predicted molar refractivity (Wildman–Crippen MR) is 97.8 cm³/mol. The van der Waals surface area contributed by atoms with E-state index in [9.17, 15) is 4.79 Å². The number of hydrogen-bond acceptors (Lipinski definition) is 3. The molecule has 0 radical (unpaired) electrons. The molecule has 0 spiro atoms. The van der Waals surface area contributed by atoms with Crippen LogP contribution in [0.15, 0.2) is 42.5 Å². The zero-order valence-corrected chi connectivity index (χ0v) is 14.6. The predicted octanol–water partition coefficient (Wildman–Crippen LogP) is 4.52. The summed E-state index contributed by atoms with van der Waals surface area (Å²) in [6.07, 6.45) is 0. The Kier molecular flexibility index (Phi) is 6.21. The number of carbonyl (C=O) groups is 1. The molecule has 0 atom stereocenters. The first kappa shape index (κ1) is 17.5. The summed E-state index contributed by atoms with van der Waals surface area (Å²) in [5.74, 6) is 0.290. The average Bonchev–Trinajstić information content (AvgIpc) is 2.46. The lowest BCUT2D eigenvalue weighted by atomic mass is 10.2. The van der Waals surface area contributed by atoms with Gasteiger partial charge in [-0.25, -0.2) is 0 Å². The Morgan fingerprint density at radius 2 is 1.87 bits per heavy atom. The van der Waals surface area contributed by atoms with Crippen LogP contribution in [-0.4, -0.2) is 17.6 Å². The lowest BCUT2D eigenvalue weighted by molar-refractivity contribution is 0.0977. The fourth-order valence-corrected chi connectivity index (χ4v) is 2.59. The van der Waals surface area contributed by atoms with Crippen molar-refractivity contribution in [2.24, 2.45) is 0 Å². The van der Waals surface area contributed by atoms with E-state index in [1.54, 1.807) is 42.5 Å². The molecule has 2 N–H and O–H groups in total. The summed E-state index contributed by atoms with van der Waals surface area (Å²) in [4.78, 5) is 12.2. The number of benzene rings is 2. The number of carbonyl (C=O) groups excluding carboxylic acids is 1. The molecule has 120 valence electrons. The van der Waals surface area contributed by atoms with Crippen LogP contribution in [0.2, 0.25) is 10.0 Å². The second-order valence-corrected chi connectivity index (χ2v) is 5.81. The third-order valence-electron chi connectivity index (χ3n) is 2.75. The molecule has 0 saturated heterocycles. The van der Waals surface area contributed by atoms with Crippen LogP contribution in [-0.2, 0) is 0 Å². The Bertz CT molecular complexity index is 718. The number of anilines is 1. The van der Waals surface area contributed by atoms with Crippen LogP contribution in [0, 0.1) is 0 Å². The highest BCUT2D eigenvalue weighted by Crippen LogP contribution is 2.22. The topological polar surface area (TPSA) is 50.4 Å². The zero-order chi connectivity index (χ0) is 16.8. The summed E-state index contributed by atoms with van der Waals surface area (Å²) in [6, 6.07) is 11.8. The smallest absolute Gasteiger partial charge is 0.257 e. The molecule has 1 amide bonds. The van der Waals surface area contributed by atoms with Crippen LogP contribution in [0.1, 0.15) is 17.3 Å². The minimum Gasteiger partial charge on any atom is -0.494 e. The molecular weight excluding hydrogens is 355 g/mol. The van der Waals surface area contributed by atoms with Crippen molar-refractivity contribution in [1.29, 1.82) is 0 Å². The molecule has 7 heteroatoms. The van der Waals surface area contributed by atoms with Gasteiger partial charge in [0.05, 0.1) is 6.61 Å². The summed E-state index contributed by atoms with van der Waals surface area (Å²) in [5.41, 5.74) is 1.04. The maximum Gasteiger partial charge on any atom is 0.257 e. The minimum absolute atomic E-state index is 0.148. The van der Waals surface area contributed by atoms with Gasteiger partial charge in [-0.2, -0.15) is 0 Å². The lowest BCUT2D eigenvalue weighted by Gasteiger charge is -2.11. The number of halogens is 2. The van der Waals surface area contributed by atoms with Crippen molar-refractivity contribution >= 4 is 52.1 Å².